The molecule has 1 amide bonds. The minimum atomic E-state index is 0.261. The fourth-order valence-electron chi connectivity index (χ4n) is 3.62. The number of amides is 1. The van der Waals surface area contributed by atoms with E-state index in [9.17, 15) is 9.90 Å². The highest BCUT2D eigenvalue weighted by atomic mass is 16.3. The molecule has 24 heavy (non-hydrogen) atoms. The second-order valence-electron chi connectivity index (χ2n) is 7.04. The van der Waals surface area contributed by atoms with Crippen molar-refractivity contribution in [3.05, 3.63) is 35.9 Å². The van der Waals surface area contributed by atoms with E-state index in [2.05, 4.69) is 34.1 Å². The van der Waals surface area contributed by atoms with Crippen molar-refractivity contribution in [1.29, 1.82) is 0 Å². The first-order chi connectivity index (χ1) is 11.7. The molecule has 0 radical (unpaired) electrons. The SMILES string of the molecule is O=C(CN1CCC(CO)CC1)N1CCN(Cc2ccccc2)CC1. The highest BCUT2D eigenvalue weighted by molar-refractivity contribution is 5.78. The molecule has 0 atom stereocenters. The summed E-state index contributed by atoms with van der Waals surface area (Å²) in [5, 5.41) is 9.20. The molecule has 2 fully saturated rings. The number of carbonyl (C=O) groups is 1. The lowest BCUT2D eigenvalue weighted by atomic mass is 9.98. The number of piperazine rings is 1. The molecule has 2 aliphatic rings. The van der Waals surface area contributed by atoms with Gasteiger partial charge in [-0.3, -0.25) is 14.6 Å². The lowest BCUT2D eigenvalue weighted by molar-refractivity contribution is -0.134. The van der Waals surface area contributed by atoms with Crippen LogP contribution < -0.4 is 0 Å². The molecule has 1 aromatic rings. The van der Waals surface area contributed by atoms with Crippen molar-refractivity contribution in [2.24, 2.45) is 5.92 Å². The summed E-state index contributed by atoms with van der Waals surface area (Å²) in [5.41, 5.74) is 1.34. The topological polar surface area (TPSA) is 47.0 Å². The first kappa shape index (κ1) is 17.4. The number of carbonyl (C=O) groups excluding carboxylic acids is 1. The summed E-state index contributed by atoms with van der Waals surface area (Å²) in [6, 6.07) is 10.5. The average Bonchev–Trinajstić information content (AvgIpc) is 2.64. The molecule has 0 unspecified atom stereocenters. The second kappa shape index (κ2) is 8.60. The van der Waals surface area contributed by atoms with E-state index in [4.69, 9.17) is 0 Å². The maximum absolute atomic E-state index is 12.5. The van der Waals surface area contributed by atoms with Crippen molar-refractivity contribution in [3.8, 4) is 0 Å². The van der Waals surface area contributed by atoms with Gasteiger partial charge in [0.15, 0.2) is 0 Å². The molecular formula is C19H29N3O2. The molecule has 2 saturated heterocycles. The molecular weight excluding hydrogens is 302 g/mol. The van der Waals surface area contributed by atoms with E-state index in [0.717, 1.165) is 58.7 Å². The predicted octanol–water partition coefficient (Wildman–Crippen LogP) is 1.04. The molecule has 0 aliphatic carbocycles. The van der Waals surface area contributed by atoms with Crippen LogP contribution in [0.3, 0.4) is 0 Å². The van der Waals surface area contributed by atoms with Gasteiger partial charge in [0.25, 0.3) is 0 Å². The van der Waals surface area contributed by atoms with Crippen LogP contribution in [0.1, 0.15) is 18.4 Å². The van der Waals surface area contributed by atoms with Crippen LogP contribution in [0, 0.1) is 5.92 Å². The van der Waals surface area contributed by atoms with E-state index in [1.807, 2.05) is 11.0 Å². The van der Waals surface area contributed by atoms with Crippen LogP contribution in [0.4, 0.5) is 0 Å². The largest absolute Gasteiger partial charge is 0.396 e. The summed E-state index contributed by atoms with van der Waals surface area (Å²) in [5.74, 6) is 0.690. The van der Waals surface area contributed by atoms with Gasteiger partial charge in [0.1, 0.15) is 0 Å². The van der Waals surface area contributed by atoms with Gasteiger partial charge in [-0.05, 0) is 37.4 Å². The van der Waals surface area contributed by atoms with Crippen LogP contribution in [0.25, 0.3) is 0 Å². The van der Waals surface area contributed by atoms with Crippen molar-refractivity contribution in [2.75, 3.05) is 52.4 Å². The summed E-state index contributed by atoms with van der Waals surface area (Å²) in [6.45, 7) is 7.23. The van der Waals surface area contributed by atoms with Crippen molar-refractivity contribution in [3.63, 3.8) is 0 Å². The normalized spacial score (nSPS) is 21.1. The molecule has 2 heterocycles. The van der Waals surface area contributed by atoms with Gasteiger partial charge < -0.3 is 10.0 Å². The van der Waals surface area contributed by atoms with Crippen LogP contribution in [0.2, 0.25) is 0 Å². The number of benzene rings is 1. The Bertz CT molecular complexity index is 507. The monoisotopic (exact) mass is 331 g/mol. The van der Waals surface area contributed by atoms with Crippen LogP contribution >= 0.6 is 0 Å². The quantitative estimate of drug-likeness (QED) is 0.876. The van der Waals surface area contributed by atoms with E-state index < -0.39 is 0 Å². The van der Waals surface area contributed by atoms with E-state index >= 15 is 0 Å². The molecule has 3 rings (SSSR count). The zero-order valence-electron chi connectivity index (χ0n) is 14.4. The smallest absolute Gasteiger partial charge is 0.236 e. The van der Waals surface area contributed by atoms with Crippen LogP contribution in [-0.2, 0) is 11.3 Å². The number of aliphatic hydroxyl groups excluding tert-OH is 1. The molecule has 5 heteroatoms. The van der Waals surface area contributed by atoms with Crippen LogP contribution in [0.5, 0.6) is 0 Å². The van der Waals surface area contributed by atoms with Gasteiger partial charge >= 0.3 is 0 Å². The fourth-order valence-corrected chi connectivity index (χ4v) is 3.62. The average molecular weight is 331 g/mol. The lowest BCUT2D eigenvalue weighted by Crippen LogP contribution is -2.51. The summed E-state index contributed by atoms with van der Waals surface area (Å²) in [4.78, 5) is 19.2. The molecule has 1 aromatic carbocycles. The molecule has 132 valence electrons. The molecule has 5 nitrogen and oxygen atoms in total. The van der Waals surface area contributed by atoms with E-state index in [0.29, 0.717) is 12.5 Å². The molecule has 0 spiro atoms. The van der Waals surface area contributed by atoms with Crippen molar-refractivity contribution < 1.29 is 9.90 Å². The standard InChI is InChI=1S/C19H29N3O2/c23-16-18-6-8-20(9-7-18)15-19(24)22-12-10-21(11-13-22)14-17-4-2-1-3-5-17/h1-5,18,23H,6-16H2. The van der Waals surface area contributed by atoms with Gasteiger partial charge in [-0.2, -0.15) is 0 Å². The van der Waals surface area contributed by atoms with Gasteiger partial charge in [-0.15, -0.1) is 0 Å². The maximum atomic E-state index is 12.5. The Kier molecular flexibility index (Phi) is 6.24. The minimum absolute atomic E-state index is 0.261. The van der Waals surface area contributed by atoms with Crippen LogP contribution in [0.15, 0.2) is 30.3 Å². The number of hydrogen-bond donors (Lipinski definition) is 1. The summed E-state index contributed by atoms with van der Waals surface area (Å²) in [7, 11) is 0. The van der Waals surface area contributed by atoms with Crippen molar-refractivity contribution >= 4 is 5.91 Å². The Morgan fingerprint density at radius 3 is 2.25 bits per heavy atom. The highest BCUT2D eigenvalue weighted by Gasteiger charge is 2.25. The Hall–Kier alpha value is -1.43. The van der Waals surface area contributed by atoms with Gasteiger partial charge in [0.05, 0.1) is 6.54 Å². The number of hydrogen-bond acceptors (Lipinski definition) is 4. The van der Waals surface area contributed by atoms with Crippen LogP contribution in [-0.4, -0.2) is 78.1 Å². The first-order valence-electron chi connectivity index (χ1n) is 9.12. The van der Waals surface area contributed by atoms with Gasteiger partial charge in [-0.25, -0.2) is 0 Å². The first-order valence-corrected chi connectivity index (χ1v) is 9.12. The Labute approximate surface area is 144 Å². The summed E-state index contributed by atoms with van der Waals surface area (Å²) >= 11 is 0. The van der Waals surface area contributed by atoms with Gasteiger partial charge in [0.2, 0.25) is 5.91 Å². The Morgan fingerprint density at radius 2 is 1.62 bits per heavy atom. The molecule has 0 saturated carbocycles. The van der Waals surface area contributed by atoms with Gasteiger partial charge in [0, 0.05) is 39.3 Å². The van der Waals surface area contributed by atoms with Crippen molar-refractivity contribution in [1.82, 2.24) is 14.7 Å². The number of likely N-dealkylation sites (tertiary alicyclic amines) is 1. The molecule has 1 N–H and O–H groups in total. The molecule has 0 bridgehead atoms. The third kappa shape index (κ3) is 4.79. The number of rotatable bonds is 5. The van der Waals surface area contributed by atoms with Gasteiger partial charge in [-0.1, -0.05) is 30.3 Å². The van der Waals surface area contributed by atoms with E-state index in [1.165, 1.54) is 5.56 Å². The molecule has 0 aromatic heterocycles. The lowest BCUT2D eigenvalue weighted by Gasteiger charge is -2.37. The maximum Gasteiger partial charge on any atom is 0.236 e. The Morgan fingerprint density at radius 1 is 0.958 bits per heavy atom. The van der Waals surface area contributed by atoms with E-state index in [-0.39, 0.29) is 12.5 Å². The number of nitrogens with zero attached hydrogens (tertiary/aromatic N) is 3. The summed E-state index contributed by atoms with van der Waals surface area (Å²) in [6.07, 6.45) is 2.02. The minimum Gasteiger partial charge on any atom is -0.396 e. The number of aliphatic hydroxyl groups is 1. The third-order valence-electron chi connectivity index (χ3n) is 5.30. The zero-order valence-corrected chi connectivity index (χ0v) is 14.4. The van der Waals surface area contributed by atoms with Crippen molar-refractivity contribution in [2.45, 2.75) is 19.4 Å². The zero-order chi connectivity index (χ0) is 16.8. The number of piperidine rings is 1. The molecule has 2 aliphatic heterocycles. The second-order valence-corrected chi connectivity index (χ2v) is 7.04. The summed E-state index contributed by atoms with van der Waals surface area (Å²) < 4.78 is 0. The fraction of sp³-hybridized carbons (Fsp3) is 0.632. The van der Waals surface area contributed by atoms with E-state index in [1.54, 1.807) is 0 Å². The third-order valence-corrected chi connectivity index (χ3v) is 5.30. The highest BCUT2D eigenvalue weighted by Crippen LogP contribution is 2.16. The predicted molar refractivity (Wildman–Crippen MR) is 94.5 cm³/mol. The Balaban J connectivity index is 1.39.